The van der Waals surface area contributed by atoms with Crippen molar-refractivity contribution < 1.29 is 5.11 Å². The number of aliphatic hydroxyl groups is 1. The third-order valence-corrected chi connectivity index (χ3v) is 2.68. The second kappa shape index (κ2) is 5.05. The van der Waals surface area contributed by atoms with E-state index in [2.05, 4.69) is 22.0 Å². The first-order valence-corrected chi connectivity index (χ1v) is 5.67. The molecule has 1 N–H and O–H groups in total. The van der Waals surface area contributed by atoms with E-state index in [0.29, 0.717) is 12.2 Å². The van der Waals surface area contributed by atoms with E-state index in [4.69, 9.17) is 0 Å². The summed E-state index contributed by atoms with van der Waals surface area (Å²) in [4.78, 5) is 8.08. The maximum atomic E-state index is 10.0. The lowest BCUT2D eigenvalue weighted by Gasteiger charge is -2.08. The summed E-state index contributed by atoms with van der Waals surface area (Å²) in [5, 5.41) is 14.4. The van der Waals surface area contributed by atoms with Crippen LogP contribution in [0.4, 0.5) is 0 Å². The largest absolute Gasteiger partial charge is 0.385 e. The van der Waals surface area contributed by atoms with Gasteiger partial charge < -0.3 is 5.11 Å². The number of aromatic nitrogens is 4. The van der Waals surface area contributed by atoms with Crippen molar-refractivity contribution in [3.05, 3.63) is 41.7 Å². The Balaban J connectivity index is 2.13. The van der Waals surface area contributed by atoms with E-state index in [-0.39, 0.29) is 0 Å². The molecule has 1 atom stereocenters. The SMILES string of the molecule is CCc1cc(CC(O)c2ncccn2)n(C)n1. The van der Waals surface area contributed by atoms with Gasteiger partial charge in [0.2, 0.25) is 0 Å². The molecule has 0 aromatic carbocycles. The van der Waals surface area contributed by atoms with Gasteiger partial charge in [-0.25, -0.2) is 9.97 Å². The van der Waals surface area contributed by atoms with Crippen LogP contribution in [0.1, 0.15) is 30.2 Å². The van der Waals surface area contributed by atoms with Gasteiger partial charge in [-0.05, 0) is 18.6 Å². The smallest absolute Gasteiger partial charge is 0.157 e. The quantitative estimate of drug-likeness (QED) is 0.855. The molecule has 1 unspecified atom stereocenters. The van der Waals surface area contributed by atoms with Gasteiger partial charge in [0.05, 0.1) is 5.69 Å². The molecule has 0 saturated heterocycles. The Hall–Kier alpha value is -1.75. The third-order valence-electron chi connectivity index (χ3n) is 2.68. The van der Waals surface area contributed by atoms with Gasteiger partial charge in [-0.3, -0.25) is 4.68 Å². The minimum atomic E-state index is -0.684. The fourth-order valence-electron chi connectivity index (χ4n) is 1.71. The zero-order valence-corrected chi connectivity index (χ0v) is 10.0. The molecule has 0 aliphatic carbocycles. The summed E-state index contributed by atoms with van der Waals surface area (Å²) in [7, 11) is 1.88. The number of aliphatic hydroxyl groups excluding tert-OH is 1. The number of rotatable bonds is 4. The molecule has 0 spiro atoms. The Morgan fingerprint density at radius 2 is 2.06 bits per heavy atom. The molecule has 0 bridgehead atoms. The maximum Gasteiger partial charge on any atom is 0.157 e. The van der Waals surface area contributed by atoms with Crippen LogP contribution in [0.25, 0.3) is 0 Å². The predicted octanol–water partition coefficient (Wildman–Crippen LogP) is 1.05. The minimum Gasteiger partial charge on any atom is -0.385 e. The van der Waals surface area contributed by atoms with E-state index < -0.39 is 6.10 Å². The Morgan fingerprint density at radius 3 is 2.65 bits per heavy atom. The van der Waals surface area contributed by atoms with Crippen LogP contribution < -0.4 is 0 Å². The molecule has 0 amide bonds. The van der Waals surface area contributed by atoms with Crippen LogP contribution in [0.2, 0.25) is 0 Å². The van der Waals surface area contributed by atoms with E-state index in [1.165, 1.54) is 0 Å². The molecule has 5 heteroatoms. The summed E-state index contributed by atoms with van der Waals surface area (Å²) in [6.07, 6.45) is 3.95. The van der Waals surface area contributed by atoms with Gasteiger partial charge in [0.25, 0.3) is 0 Å². The summed E-state index contributed by atoms with van der Waals surface area (Å²) in [6, 6.07) is 3.74. The molecule has 0 fully saturated rings. The highest BCUT2D eigenvalue weighted by atomic mass is 16.3. The fourth-order valence-corrected chi connectivity index (χ4v) is 1.71. The molecule has 2 rings (SSSR count). The van der Waals surface area contributed by atoms with E-state index >= 15 is 0 Å². The van der Waals surface area contributed by atoms with Crippen LogP contribution in [-0.2, 0) is 19.9 Å². The van der Waals surface area contributed by atoms with Crippen LogP contribution in [0.3, 0.4) is 0 Å². The van der Waals surface area contributed by atoms with Crippen molar-refractivity contribution in [3.8, 4) is 0 Å². The van der Waals surface area contributed by atoms with Crippen molar-refractivity contribution in [2.24, 2.45) is 7.05 Å². The summed E-state index contributed by atoms with van der Waals surface area (Å²) in [5.74, 6) is 0.451. The predicted molar refractivity (Wildman–Crippen MR) is 63.3 cm³/mol. The Kier molecular flexibility index (Phi) is 3.49. The molecule has 17 heavy (non-hydrogen) atoms. The van der Waals surface area contributed by atoms with Gasteiger partial charge >= 0.3 is 0 Å². The molecule has 2 aromatic heterocycles. The van der Waals surface area contributed by atoms with Crippen molar-refractivity contribution in [3.63, 3.8) is 0 Å². The van der Waals surface area contributed by atoms with Crippen LogP contribution >= 0.6 is 0 Å². The lowest BCUT2D eigenvalue weighted by Crippen LogP contribution is -2.09. The average Bonchev–Trinajstić information content (AvgIpc) is 2.71. The normalized spacial score (nSPS) is 12.6. The second-order valence-electron chi connectivity index (χ2n) is 3.93. The molecule has 5 nitrogen and oxygen atoms in total. The fraction of sp³-hybridized carbons (Fsp3) is 0.417. The van der Waals surface area contributed by atoms with Crippen molar-refractivity contribution in [1.29, 1.82) is 0 Å². The monoisotopic (exact) mass is 232 g/mol. The Morgan fingerprint density at radius 1 is 1.35 bits per heavy atom. The van der Waals surface area contributed by atoms with Crippen LogP contribution in [0.5, 0.6) is 0 Å². The van der Waals surface area contributed by atoms with E-state index in [9.17, 15) is 5.11 Å². The number of nitrogens with zero attached hydrogens (tertiary/aromatic N) is 4. The van der Waals surface area contributed by atoms with E-state index in [1.807, 2.05) is 13.1 Å². The molecule has 2 heterocycles. The van der Waals surface area contributed by atoms with Gasteiger partial charge in [-0.2, -0.15) is 5.10 Å². The average molecular weight is 232 g/mol. The van der Waals surface area contributed by atoms with Crippen molar-refractivity contribution in [2.75, 3.05) is 0 Å². The van der Waals surface area contributed by atoms with E-state index in [1.54, 1.807) is 23.1 Å². The van der Waals surface area contributed by atoms with Crippen molar-refractivity contribution >= 4 is 0 Å². The molecule has 2 aromatic rings. The number of hydrogen-bond donors (Lipinski definition) is 1. The molecular weight excluding hydrogens is 216 g/mol. The first-order chi connectivity index (χ1) is 8.20. The standard InChI is InChI=1S/C12H16N4O/c1-3-9-7-10(16(2)15-9)8-11(17)12-13-5-4-6-14-12/h4-7,11,17H,3,8H2,1-2H3. The molecule has 0 saturated carbocycles. The molecule has 0 radical (unpaired) electrons. The van der Waals surface area contributed by atoms with Crippen LogP contribution in [-0.4, -0.2) is 24.9 Å². The molecule has 0 aliphatic rings. The number of aryl methyl sites for hydroxylation is 2. The van der Waals surface area contributed by atoms with Crippen LogP contribution in [0.15, 0.2) is 24.5 Å². The van der Waals surface area contributed by atoms with Gasteiger partial charge in [0, 0.05) is 31.6 Å². The van der Waals surface area contributed by atoms with Gasteiger partial charge in [-0.15, -0.1) is 0 Å². The lowest BCUT2D eigenvalue weighted by molar-refractivity contribution is 0.165. The highest BCUT2D eigenvalue weighted by Crippen LogP contribution is 2.15. The van der Waals surface area contributed by atoms with Crippen molar-refractivity contribution in [1.82, 2.24) is 19.7 Å². The topological polar surface area (TPSA) is 63.8 Å². The van der Waals surface area contributed by atoms with Crippen molar-refractivity contribution in [2.45, 2.75) is 25.9 Å². The summed E-state index contributed by atoms with van der Waals surface area (Å²) < 4.78 is 1.80. The number of hydrogen-bond acceptors (Lipinski definition) is 4. The molecular formula is C12H16N4O. The van der Waals surface area contributed by atoms with Crippen LogP contribution in [0, 0.1) is 0 Å². The Labute approximate surface area is 100 Å². The highest BCUT2D eigenvalue weighted by molar-refractivity contribution is 5.12. The van der Waals surface area contributed by atoms with Gasteiger partial charge in [0.15, 0.2) is 5.82 Å². The zero-order valence-electron chi connectivity index (χ0n) is 10.0. The molecule has 90 valence electrons. The minimum absolute atomic E-state index is 0.451. The second-order valence-corrected chi connectivity index (χ2v) is 3.93. The first-order valence-electron chi connectivity index (χ1n) is 5.67. The summed E-state index contributed by atoms with van der Waals surface area (Å²) >= 11 is 0. The molecule has 0 aliphatic heterocycles. The zero-order chi connectivity index (χ0) is 12.3. The van der Waals surface area contributed by atoms with Gasteiger partial charge in [-0.1, -0.05) is 6.92 Å². The maximum absolute atomic E-state index is 10.0. The van der Waals surface area contributed by atoms with Gasteiger partial charge in [0.1, 0.15) is 6.10 Å². The van der Waals surface area contributed by atoms with E-state index in [0.717, 1.165) is 17.8 Å². The lowest BCUT2D eigenvalue weighted by atomic mass is 10.1. The highest BCUT2D eigenvalue weighted by Gasteiger charge is 2.14. The first kappa shape index (κ1) is 11.7. The summed E-state index contributed by atoms with van der Waals surface area (Å²) in [5.41, 5.74) is 2.02. The third kappa shape index (κ3) is 2.68. The summed E-state index contributed by atoms with van der Waals surface area (Å²) in [6.45, 7) is 2.06. The Bertz CT molecular complexity index is 481.